The van der Waals surface area contributed by atoms with Crippen molar-refractivity contribution in [1.82, 2.24) is 5.32 Å². The van der Waals surface area contributed by atoms with Gasteiger partial charge in [-0.2, -0.15) is 11.8 Å². The highest BCUT2D eigenvalue weighted by molar-refractivity contribution is 7.98. The highest BCUT2D eigenvalue weighted by Crippen LogP contribution is 2.27. The lowest BCUT2D eigenvalue weighted by Gasteiger charge is -2.15. The predicted octanol–water partition coefficient (Wildman–Crippen LogP) is 3.71. The van der Waals surface area contributed by atoms with E-state index in [9.17, 15) is 14.7 Å². The van der Waals surface area contributed by atoms with Crippen LogP contribution in [0.2, 0.25) is 0 Å². The fourth-order valence-electron chi connectivity index (χ4n) is 2.54. The Kier molecular flexibility index (Phi) is 9.17. The van der Waals surface area contributed by atoms with E-state index in [2.05, 4.69) is 5.32 Å². The molecule has 0 saturated carbocycles. The quantitative estimate of drug-likeness (QED) is 0.536. The van der Waals surface area contributed by atoms with Gasteiger partial charge in [-0.1, -0.05) is 30.3 Å². The summed E-state index contributed by atoms with van der Waals surface area (Å²) in [7, 11) is 3.19. The SMILES string of the molecule is COc1ccc(OC)c(CSCCC(NC(=O)OCc2ccccc2)C(=O)O)c1. The zero-order valence-electron chi connectivity index (χ0n) is 16.4. The molecule has 8 heteroatoms. The Balaban J connectivity index is 1.79. The molecule has 0 spiro atoms. The van der Waals surface area contributed by atoms with Crippen molar-refractivity contribution in [3.05, 3.63) is 59.7 Å². The van der Waals surface area contributed by atoms with Crippen molar-refractivity contribution >= 4 is 23.8 Å². The number of carbonyl (C=O) groups excluding carboxylic acids is 1. The molecular weight excluding hydrogens is 394 g/mol. The van der Waals surface area contributed by atoms with E-state index in [1.165, 1.54) is 0 Å². The summed E-state index contributed by atoms with van der Waals surface area (Å²) in [6, 6.07) is 13.7. The molecule has 0 aliphatic carbocycles. The molecule has 0 bridgehead atoms. The zero-order valence-corrected chi connectivity index (χ0v) is 17.2. The molecule has 0 radical (unpaired) electrons. The number of thioether (sulfide) groups is 1. The molecule has 1 amide bonds. The van der Waals surface area contributed by atoms with Gasteiger partial charge in [-0.15, -0.1) is 0 Å². The van der Waals surface area contributed by atoms with Gasteiger partial charge >= 0.3 is 12.1 Å². The largest absolute Gasteiger partial charge is 0.497 e. The van der Waals surface area contributed by atoms with Crippen LogP contribution in [0.4, 0.5) is 4.79 Å². The molecule has 0 aliphatic rings. The van der Waals surface area contributed by atoms with Crippen LogP contribution in [0.5, 0.6) is 11.5 Å². The molecule has 29 heavy (non-hydrogen) atoms. The van der Waals surface area contributed by atoms with Crippen molar-refractivity contribution < 1.29 is 28.9 Å². The molecular formula is C21H25NO6S. The number of carboxylic acids is 1. The van der Waals surface area contributed by atoms with Crippen molar-refractivity contribution in [3.63, 3.8) is 0 Å². The van der Waals surface area contributed by atoms with Crippen molar-refractivity contribution in [2.24, 2.45) is 0 Å². The third-order valence-electron chi connectivity index (χ3n) is 4.10. The van der Waals surface area contributed by atoms with Crippen LogP contribution in [0.1, 0.15) is 17.5 Å². The highest BCUT2D eigenvalue weighted by Gasteiger charge is 2.20. The second-order valence-electron chi connectivity index (χ2n) is 6.12. The summed E-state index contributed by atoms with van der Waals surface area (Å²) in [4.78, 5) is 23.3. The summed E-state index contributed by atoms with van der Waals surface area (Å²) in [5.41, 5.74) is 1.79. The molecule has 2 aromatic carbocycles. The molecule has 2 aromatic rings. The number of methoxy groups -OCH3 is 2. The summed E-state index contributed by atoms with van der Waals surface area (Å²) in [6.07, 6.45) is -0.479. The Morgan fingerprint density at radius 3 is 2.52 bits per heavy atom. The minimum absolute atomic E-state index is 0.0867. The number of benzene rings is 2. The Morgan fingerprint density at radius 1 is 1.10 bits per heavy atom. The smallest absolute Gasteiger partial charge is 0.408 e. The fraction of sp³-hybridized carbons (Fsp3) is 0.333. The first-order valence-electron chi connectivity index (χ1n) is 9.02. The number of aliphatic carboxylic acids is 1. The molecule has 156 valence electrons. The maximum absolute atomic E-state index is 11.9. The molecule has 2 rings (SSSR count). The number of rotatable bonds is 11. The van der Waals surface area contributed by atoms with E-state index < -0.39 is 18.1 Å². The van der Waals surface area contributed by atoms with Crippen LogP contribution in [0.15, 0.2) is 48.5 Å². The average molecular weight is 419 g/mol. The maximum atomic E-state index is 11.9. The van der Waals surface area contributed by atoms with Gasteiger partial charge in [0.2, 0.25) is 0 Å². The van der Waals surface area contributed by atoms with Gasteiger partial charge in [0, 0.05) is 11.3 Å². The number of carboxylic acid groups (broad SMARTS) is 1. The molecule has 0 heterocycles. The Bertz CT molecular complexity index is 799. The number of amides is 1. The Labute approximate surface area is 174 Å². The van der Waals surface area contributed by atoms with Gasteiger partial charge in [-0.05, 0) is 35.9 Å². The number of hydrogen-bond donors (Lipinski definition) is 2. The van der Waals surface area contributed by atoms with Crippen LogP contribution in [0.25, 0.3) is 0 Å². The lowest BCUT2D eigenvalue weighted by Crippen LogP contribution is -2.41. The summed E-state index contributed by atoms with van der Waals surface area (Å²) >= 11 is 1.55. The molecule has 0 aromatic heterocycles. The molecule has 0 fully saturated rings. The highest BCUT2D eigenvalue weighted by atomic mass is 32.2. The Hall–Kier alpha value is -2.87. The minimum Gasteiger partial charge on any atom is -0.497 e. The zero-order chi connectivity index (χ0) is 21.1. The van der Waals surface area contributed by atoms with Crippen LogP contribution in [-0.2, 0) is 21.9 Å². The number of hydrogen-bond acceptors (Lipinski definition) is 6. The maximum Gasteiger partial charge on any atom is 0.408 e. The van der Waals surface area contributed by atoms with Crippen molar-refractivity contribution in [1.29, 1.82) is 0 Å². The summed E-state index contributed by atoms with van der Waals surface area (Å²) in [5, 5.41) is 11.8. The summed E-state index contributed by atoms with van der Waals surface area (Å²) in [6.45, 7) is 0.0867. The monoisotopic (exact) mass is 419 g/mol. The first kappa shape index (κ1) is 22.4. The molecule has 1 unspecified atom stereocenters. The van der Waals surface area contributed by atoms with Gasteiger partial charge < -0.3 is 24.6 Å². The van der Waals surface area contributed by atoms with Crippen LogP contribution >= 0.6 is 11.8 Å². The van der Waals surface area contributed by atoms with E-state index in [0.29, 0.717) is 11.5 Å². The van der Waals surface area contributed by atoms with E-state index in [0.717, 1.165) is 22.6 Å². The molecule has 2 N–H and O–H groups in total. The van der Waals surface area contributed by atoms with Crippen LogP contribution in [0.3, 0.4) is 0 Å². The first-order valence-corrected chi connectivity index (χ1v) is 10.2. The summed E-state index contributed by atoms with van der Waals surface area (Å²) in [5.74, 6) is 1.55. The summed E-state index contributed by atoms with van der Waals surface area (Å²) < 4.78 is 15.7. The topological polar surface area (TPSA) is 94.1 Å². The van der Waals surface area contributed by atoms with Gasteiger partial charge in [-0.3, -0.25) is 0 Å². The number of alkyl carbamates (subject to hydrolysis) is 1. The average Bonchev–Trinajstić information content (AvgIpc) is 2.74. The van der Waals surface area contributed by atoms with Gasteiger partial charge in [0.15, 0.2) is 0 Å². The van der Waals surface area contributed by atoms with E-state index in [1.807, 2.05) is 48.5 Å². The minimum atomic E-state index is -1.10. The van der Waals surface area contributed by atoms with Gasteiger partial charge in [0.1, 0.15) is 24.1 Å². The van der Waals surface area contributed by atoms with Crippen LogP contribution in [-0.4, -0.2) is 43.2 Å². The van der Waals surface area contributed by atoms with E-state index in [1.54, 1.807) is 26.0 Å². The van der Waals surface area contributed by atoms with Crippen molar-refractivity contribution in [2.75, 3.05) is 20.0 Å². The second-order valence-corrected chi connectivity index (χ2v) is 7.22. The second kappa shape index (κ2) is 11.9. The van der Waals surface area contributed by atoms with Gasteiger partial charge in [0.05, 0.1) is 14.2 Å². The Morgan fingerprint density at radius 2 is 1.86 bits per heavy atom. The van der Waals surface area contributed by atoms with Crippen molar-refractivity contribution in [2.45, 2.75) is 24.8 Å². The lowest BCUT2D eigenvalue weighted by molar-refractivity contribution is -0.139. The number of nitrogens with one attached hydrogen (secondary N) is 1. The molecule has 0 aliphatic heterocycles. The van der Waals surface area contributed by atoms with Crippen LogP contribution < -0.4 is 14.8 Å². The molecule has 7 nitrogen and oxygen atoms in total. The normalized spacial score (nSPS) is 11.4. The van der Waals surface area contributed by atoms with E-state index in [4.69, 9.17) is 14.2 Å². The van der Waals surface area contributed by atoms with E-state index >= 15 is 0 Å². The fourth-order valence-corrected chi connectivity index (χ4v) is 3.53. The van der Waals surface area contributed by atoms with Crippen molar-refractivity contribution in [3.8, 4) is 11.5 Å². The third kappa shape index (κ3) is 7.57. The molecule has 0 saturated heterocycles. The van der Waals surface area contributed by atoms with Gasteiger partial charge in [0.25, 0.3) is 0 Å². The predicted molar refractivity (Wildman–Crippen MR) is 112 cm³/mol. The first-order chi connectivity index (χ1) is 14.0. The number of carbonyl (C=O) groups is 2. The lowest BCUT2D eigenvalue weighted by atomic mass is 10.2. The number of ether oxygens (including phenoxy) is 3. The standard InChI is InChI=1S/C21H25NO6S/c1-26-17-8-9-19(27-2)16(12-17)14-29-11-10-18(20(23)24)22-21(25)28-13-15-6-4-3-5-7-15/h3-9,12,18H,10-11,13-14H2,1-2H3,(H,22,25)(H,23,24). The van der Waals surface area contributed by atoms with E-state index in [-0.39, 0.29) is 13.0 Å². The van der Waals surface area contributed by atoms with Gasteiger partial charge in [-0.25, -0.2) is 9.59 Å². The van der Waals surface area contributed by atoms with Crippen LogP contribution in [0, 0.1) is 0 Å². The third-order valence-corrected chi connectivity index (χ3v) is 5.14. The molecule has 1 atom stereocenters.